The molecule has 30 heavy (non-hydrogen) atoms. The van der Waals surface area contributed by atoms with E-state index in [9.17, 15) is 4.79 Å². The van der Waals surface area contributed by atoms with E-state index >= 15 is 0 Å². The molecular formula is C25H24N4O. The Hall–Kier alpha value is -3.73. The lowest BCUT2D eigenvalue weighted by Gasteiger charge is -2.10. The number of aromatic nitrogens is 3. The van der Waals surface area contributed by atoms with E-state index < -0.39 is 0 Å². The van der Waals surface area contributed by atoms with Crippen molar-refractivity contribution in [3.05, 3.63) is 94.8 Å². The van der Waals surface area contributed by atoms with Gasteiger partial charge in [0.1, 0.15) is 0 Å². The van der Waals surface area contributed by atoms with Crippen molar-refractivity contribution in [3.63, 3.8) is 0 Å². The van der Waals surface area contributed by atoms with E-state index in [1.165, 1.54) is 0 Å². The van der Waals surface area contributed by atoms with Gasteiger partial charge in [-0.2, -0.15) is 0 Å². The summed E-state index contributed by atoms with van der Waals surface area (Å²) in [5.74, 6) is 0.439. The maximum Gasteiger partial charge on any atom is 0.295 e. The van der Waals surface area contributed by atoms with Crippen LogP contribution in [0.15, 0.2) is 66.7 Å². The van der Waals surface area contributed by atoms with E-state index in [0.29, 0.717) is 5.82 Å². The molecule has 4 aromatic rings. The molecule has 0 fully saturated rings. The number of rotatable bonds is 4. The fourth-order valence-corrected chi connectivity index (χ4v) is 3.40. The molecule has 0 saturated carbocycles. The molecule has 150 valence electrons. The van der Waals surface area contributed by atoms with E-state index in [2.05, 4.69) is 33.6 Å². The third-order valence-corrected chi connectivity index (χ3v) is 4.96. The normalized spacial score (nSPS) is 10.8. The Kier molecular flexibility index (Phi) is 5.19. The lowest BCUT2D eigenvalue weighted by Crippen LogP contribution is -2.14. The van der Waals surface area contributed by atoms with Crippen LogP contribution < -0.4 is 5.32 Å². The number of aryl methyl sites for hydroxylation is 4. The molecule has 0 aliphatic carbocycles. The molecule has 4 rings (SSSR count). The number of benzene rings is 3. The SMILES string of the molecule is Cc1cccc(NC(=O)c2nc(-c3cccc(C)c3)n(-c3cc(C)ccc3C)n2)c1. The summed E-state index contributed by atoms with van der Waals surface area (Å²) >= 11 is 0. The molecule has 0 unspecified atom stereocenters. The summed E-state index contributed by atoms with van der Waals surface area (Å²) in [6, 6.07) is 21.9. The summed E-state index contributed by atoms with van der Waals surface area (Å²) in [7, 11) is 0. The standard InChI is InChI=1S/C25H24N4O/c1-16-7-5-9-20(13-16)24-27-23(25(30)26-21-10-6-8-17(2)14-21)28-29(24)22-15-18(3)11-12-19(22)4/h5-15H,1-4H3,(H,26,30). The quantitative estimate of drug-likeness (QED) is 0.501. The molecule has 0 bridgehead atoms. The van der Waals surface area contributed by atoms with Crippen LogP contribution >= 0.6 is 0 Å². The van der Waals surface area contributed by atoms with Crippen molar-refractivity contribution in [2.45, 2.75) is 27.7 Å². The molecule has 1 amide bonds. The zero-order valence-electron chi connectivity index (χ0n) is 17.6. The van der Waals surface area contributed by atoms with Gasteiger partial charge in [0.05, 0.1) is 5.69 Å². The van der Waals surface area contributed by atoms with Crippen LogP contribution in [0.25, 0.3) is 17.1 Å². The highest BCUT2D eigenvalue weighted by Crippen LogP contribution is 2.25. The Morgan fingerprint density at radius 3 is 2.27 bits per heavy atom. The molecule has 1 heterocycles. The van der Waals surface area contributed by atoms with Crippen LogP contribution in [0.4, 0.5) is 5.69 Å². The summed E-state index contributed by atoms with van der Waals surface area (Å²) in [6.07, 6.45) is 0. The molecule has 5 heteroatoms. The van der Waals surface area contributed by atoms with Gasteiger partial charge in [-0.3, -0.25) is 4.79 Å². The van der Waals surface area contributed by atoms with Gasteiger partial charge in [-0.15, -0.1) is 5.10 Å². The average molecular weight is 396 g/mol. The summed E-state index contributed by atoms with van der Waals surface area (Å²) in [6.45, 7) is 8.09. The van der Waals surface area contributed by atoms with Gasteiger partial charge in [-0.05, 0) is 68.7 Å². The molecular weight excluding hydrogens is 372 g/mol. The van der Waals surface area contributed by atoms with Gasteiger partial charge in [0.2, 0.25) is 5.82 Å². The first-order valence-electron chi connectivity index (χ1n) is 9.90. The zero-order chi connectivity index (χ0) is 21.3. The van der Waals surface area contributed by atoms with E-state index in [-0.39, 0.29) is 11.7 Å². The first kappa shape index (κ1) is 19.6. The third-order valence-electron chi connectivity index (χ3n) is 4.96. The second-order valence-electron chi connectivity index (χ2n) is 7.65. The molecule has 1 aromatic heterocycles. The third kappa shape index (κ3) is 4.01. The van der Waals surface area contributed by atoms with Crippen LogP contribution in [0.3, 0.4) is 0 Å². The fourth-order valence-electron chi connectivity index (χ4n) is 3.40. The first-order chi connectivity index (χ1) is 14.4. The highest BCUT2D eigenvalue weighted by Gasteiger charge is 2.20. The van der Waals surface area contributed by atoms with Gasteiger partial charge in [-0.25, -0.2) is 9.67 Å². The van der Waals surface area contributed by atoms with Crippen LogP contribution in [0, 0.1) is 27.7 Å². The predicted octanol–water partition coefficient (Wildman–Crippen LogP) is 5.42. The Bertz CT molecular complexity index is 1240. The van der Waals surface area contributed by atoms with Crippen molar-refractivity contribution in [2.75, 3.05) is 5.32 Å². The Balaban J connectivity index is 1.81. The topological polar surface area (TPSA) is 59.8 Å². The molecule has 0 saturated heterocycles. The van der Waals surface area contributed by atoms with Crippen molar-refractivity contribution in [3.8, 4) is 17.1 Å². The number of carbonyl (C=O) groups is 1. The fraction of sp³-hybridized carbons (Fsp3) is 0.160. The number of nitrogens with zero attached hydrogens (tertiary/aromatic N) is 3. The van der Waals surface area contributed by atoms with Crippen LogP contribution in [0.2, 0.25) is 0 Å². The lowest BCUT2D eigenvalue weighted by molar-refractivity contribution is 0.101. The van der Waals surface area contributed by atoms with Crippen molar-refractivity contribution >= 4 is 11.6 Å². The smallest absolute Gasteiger partial charge is 0.295 e. The minimum absolute atomic E-state index is 0.133. The van der Waals surface area contributed by atoms with Crippen molar-refractivity contribution in [2.24, 2.45) is 0 Å². The molecule has 0 aliphatic rings. The second-order valence-corrected chi connectivity index (χ2v) is 7.65. The van der Waals surface area contributed by atoms with Gasteiger partial charge in [-0.1, -0.05) is 48.0 Å². The Morgan fingerprint density at radius 2 is 1.53 bits per heavy atom. The van der Waals surface area contributed by atoms with Crippen LogP contribution in [0.5, 0.6) is 0 Å². The second kappa shape index (κ2) is 7.95. The van der Waals surface area contributed by atoms with Gasteiger partial charge >= 0.3 is 0 Å². The highest BCUT2D eigenvalue weighted by atomic mass is 16.2. The van der Waals surface area contributed by atoms with Crippen molar-refractivity contribution in [1.82, 2.24) is 14.8 Å². The largest absolute Gasteiger partial charge is 0.319 e. The van der Waals surface area contributed by atoms with E-state index in [4.69, 9.17) is 0 Å². The summed E-state index contributed by atoms with van der Waals surface area (Å²) < 4.78 is 1.77. The summed E-state index contributed by atoms with van der Waals surface area (Å²) in [5, 5.41) is 7.50. The number of hydrogen-bond donors (Lipinski definition) is 1. The van der Waals surface area contributed by atoms with E-state index in [0.717, 1.165) is 39.2 Å². The first-order valence-corrected chi connectivity index (χ1v) is 9.90. The monoisotopic (exact) mass is 396 g/mol. The van der Waals surface area contributed by atoms with E-state index in [1.807, 2.05) is 76.2 Å². The average Bonchev–Trinajstić information content (AvgIpc) is 3.15. The highest BCUT2D eigenvalue weighted by molar-refractivity contribution is 6.01. The molecule has 0 radical (unpaired) electrons. The number of carbonyl (C=O) groups excluding carboxylic acids is 1. The van der Waals surface area contributed by atoms with Crippen LogP contribution in [0.1, 0.15) is 32.9 Å². The summed E-state index contributed by atoms with van der Waals surface area (Å²) in [5.41, 5.74) is 6.92. The Morgan fingerprint density at radius 1 is 0.833 bits per heavy atom. The van der Waals surface area contributed by atoms with Crippen molar-refractivity contribution < 1.29 is 4.79 Å². The minimum atomic E-state index is -0.335. The molecule has 0 aliphatic heterocycles. The number of nitrogens with one attached hydrogen (secondary N) is 1. The zero-order valence-corrected chi connectivity index (χ0v) is 17.6. The van der Waals surface area contributed by atoms with Gasteiger partial charge < -0.3 is 5.32 Å². The van der Waals surface area contributed by atoms with Gasteiger partial charge in [0.25, 0.3) is 5.91 Å². The lowest BCUT2D eigenvalue weighted by atomic mass is 10.1. The predicted molar refractivity (Wildman–Crippen MR) is 120 cm³/mol. The molecule has 0 spiro atoms. The molecule has 0 atom stereocenters. The van der Waals surface area contributed by atoms with Crippen LogP contribution in [-0.2, 0) is 0 Å². The van der Waals surface area contributed by atoms with Gasteiger partial charge in [0.15, 0.2) is 5.82 Å². The molecule has 5 nitrogen and oxygen atoms in total. The van der Waals surface area contributed by atoms with Crippen molar-refractivity contribution in [1.29, 1.82) is 0 Å². The van der Waals surface area contributed by atoms with Gasteiger partial charge in [0, 0.05) is 11.3 Å². The van der Waals surface area contributed by atoms with E-state index in [1.54, 1.807) is 4.68 Å². The Labute approximate surface area is 176 Å². The molecule has 3 aromatic carbocycles. The number of anilines is 1. The number of hydrogen-bond acceptors (Lipinski definition) is 3. The minimum Gasteiger partial charge on any atom is -0.319 e. The maximum atomic E-state index is 12.9. The summed E-state index contributed by atoms with van der Waals surface area (Å²) in [4.78, 5) is 17.5. The molecule has 1 N–H and O–H groups in total. The van der Waals surface area contributed by atoms with Crippen LogP contribution in [-0.4, -0.2) is 20.7 Å². The maximum absolute atomic E-state index is 12.9. The number of amides is 1.